The second-order valence-electron chi connectivity index (χ2n) is 8.40. The van der Waals surface area contributed by atoms with Gasteiger partial charge in [-0.25, -0.2) is 0 Å². The Morgan fingerprint density at radius 1 is 0.833 bits per heavy atom. The van der Waals surface area contributed by atoms with Crippen LogP contribution in [0.1, 0.15) is 54.1 Å². The first-order chi connectivity index (χ1) is 17.0. The lowest BCUT2D eigenvalue weighted by Crippen LogP contribution is -2.31. The van der Waals surface area contributed by atoms with Crippen LogP contribution in [0.25, 0.3) is 16.5 Å². The number of Topliss-reactive ketones (excluding diaryl/α,β-unsaturated/α-hetero) is 2. The zero-order chi connectivity index (χ0) is 26.6. The van der Waals surface area contributed by atoms with Crippen LogP contribution in [0.15, 0.2) is 35.9 Å². The van der Waals surface area contributed by atoms with Crippen molar-refractivity contribution in [3.05, 3.63) is 52.6 Å². The van der Waals surface area contributed by atoms with Gasteiger partial charge in [0.2, 0.25) is 11.6 Å². The largest absolute Gasteiger partial charge is 0.481 e. The van der Waals surface area contributed by atoms with Crippen LogP contribution in [-0.2, 0) is 33.4 Å². The number of aliphatic carboxylic acids is 2. The van der Waals surface area contributed by atoms with Gasteiger partial charge in [-0.15, -0.1) is 0 Å². The van der Waals surface area contributed by atoms with Gasteiger partial charge in [0.1, 0.15) is 5.76 Å². The van der Waals surface area contributed by atoms with E-state index in [2.05, 4.69) is 0 Å². The van der Waals surface area contributed by atoms with E-state index >= 15 is 0 Å². The molecule has 1 atom stereocenters. The molecule has 0 amide bonds. The molecule has 10 nitrogen and oxygen atoms in total. The predicted octanol–water partition coefficient (Wildman–Crippen LogP) is 3.08. The minimum absolute atomic E-state index is 0.0663. The Balaban J connectivity index is 2.06. The van der Waals surface area contributed by atoms with E-state index in [1.54, 1.807) is 24.3 Å². The van der Waals surface area contributed by atoms with Gasteiger partial charge in [0, 0.05) is 17.0 Å². The van der Waals surface area contributed by atoms with Crippen LogP contribution in [0.2, 0.25) is 0 Å². The SMILES string of the molecule is Cc1cccc2c3c(ccc12)C(OC(=O)CCC(=O)O)=C(C(C)COC(=O)CCC(=O)O)C(=O)C3=O. The fourth-order valence-electron chi connectivity index (χ4n) is 3.95. The van der Waals surface area contributed by atoms with E-state index in [9.17, 15) is 28.8 Å². The summed E-state index contributed by atoms with van der Waals surface area (Å²) in [7, 11) is 0. The number of ketones is 2. The number of ether oxygens (including phenoxy) is 2. The van der Waals surface area contributed by atoms with E-state index in [-0.39, 0.29) is 35.5 Å². The number of fused-ring (bicyclic) bond motifs is 3. The molecule has 2 aromatic rings. The molecule has 0 heterocycles. The standard InChI is InChI=1S/C26H24O10/c1-13-4-3-5-16-15(13)6-7-17-23(16)25(34)24(33)22(26(17)36-21(32)11-9-19(29)30)14(2)12-35-20(31)10-8-18(27)28/h3-7,14H,8-12H2,1-2H3,(H,27,28)(H,29,30). The van der Waals surface area contributed by atoms with Crippen LogP contribution in [0, 0.1) is 12.8 Å². The van der Waals surface area contributed by atoms with Crippen molar-refractivity contribution in [3.63, 3.8) is 0 Å². The number of benzene rings is 2. The summed E-state index contributed by atoms with van der Waals surface area (Å²) in [6.07, 6.45) is -1.76. The monoisotopic (exact) mass is 496 g/mol. The van der Waals surface area contributed by atoms with Gasteiger partial charge in [0.15, 0.2) is 0 Å². The van der Waals surface area contributed by atoms with E-state index < -0.39 is 60.6 Å². The van der Waals surface area contributed by atoms with Crippen LogP contribution >= 0.6 is 0 Å². The third-order valence-electron chi connectivity index (χ3n) is 5.74. The number of carbonyl (C=O) groups is 6. The minimum atomic E-state index is -1.21. The van der Waals surface area contributed by atoms with Gasteiger partial charge in [0.05, 0.1) is 37.9 Å². The summed E-state index contributed by atoms with van der Waals surface area (Å²) in [6.45, 7) is 2.97. The van der Waals surface area contributed by atoms with E-state index in [1.165, 1.54) is 6.92 Å². The highest BCUT2D eigenvalue weighted by molar-refractivity contribution is 6.54. The highest BCUT2D eigenvalue weighted by atomic mass is 16.5. The maximum Gasteiger partial charge on any atom is 0.311 e. The van der Waals surface area contributed by atoms with Crippen LogP contribution in [-0.4, -0.2) is 52.3 Å². The van der Waals surface area contributed by atoms with Crippen molar-refractivity contribution in [2.45, 2.75) is 39.5 Å². The Morgan fingerprint density at radius 2 is 1.47 bits per heavy atom. The Morgan fingerprint density at radius 3 is 2.11 bits per heavy atom. The molecule has 0 saturated carbocycles. The third-order valence-corrected chi connectivity index (χ3v) is 5.74. The molecule has 10 heteroatoms. The molecule has 36 heavy (non-hydrogen) atoms. The van der Waals surface area contributed by atoms with E-state index in [4.69, 9.17) is 19.7 Å². The van der Waals surface area contributed by atoms with Crippen molar-refractivity contribution in [1.29, 1.82) is 0 Å². The molecule has 0 spiro atoms. The molecule has 0 saturated heterocycles. The van der Waals surface area contributed by atoms with Gasteiger partial charge in [-0.3, -0.25) is 28.8 Å². The molecule has 1 aliphatic carbocycles. The van der Waals surface area contributed by atoms with Crippen molar-refractivity contribution in [3.8, 4) is 0 Å². The van der Waals surface area contributed by atoms with Gasteiger partial charge in [0.25, 0.3) is 0 Å². The van der Waals surface area contributed by atoms with Gasteiger partial charge in [-0.2, -0.15) is 0 Å². The van der Waals surface area contributed by atoms with E-state index in [0.717, 1.165) is 10.9 Å². The van der Waals surface area contributed by atoms with E-state index in [1.807, 2.05) is 13.0 Å². The summed E-state index contributed by atoms with van der Waals surface area (Å²) in [6, 6.07) is 8.53. The number of hydrogen-bond acceptors (Lipinski definition) is 8. The molecule has 1 unspecified atom stereocenters. The summed E-state index contributed by atoms with van der Waals surface area (Å²) in [4.78, 5) is 72.4. The van der Waals surface area contributed by atoms with Gasteiger partial charge in [-0.1, -0.05) is 31.2 Å². The van der Waals surface area contributed by atoms with Crippen LogP contribution in [0.4, 0.5) is 0 Å². The summed E-state index contributed by atoms with van der Waals surface area (Å²) in [5.74, 6) is -6.93. The molecule has 0 bridgehead atoms. The van der Waals surface area contributed by atoms with Gasteiger partial charge in [-0.05, 0) is 29.3 Å². The lowest BCUT2D eigenvalue weighted by Gasteiger charge is -2.25. The first-order valence-electron chi connectivity index (χ1n) is 11.2. The first-order valence-corrected chi connectivity index (χ1v) is 11.2. The van der Waals surface area contributed by atoms with Crippen LogP contribution < -0.4 is 0 Å². The number of esters is 2. The maximum absolute atomic E-state index is 13.3. The zero-order valence-electron chi connectivity index (χ0n) is 19.7. The Hall–Kier alpha value is -4.34. The number of carboxylic acids is 2. The van der Waals surface area contributed by atoms with Crippen molar-refractivity contribution < 1.29 is 48.5 Å². The minimum Gasteiger partial charge on any atom is -0.481 e. The van der Waals surface area contributed by atoms with Crippen molar-refractivity contribution in [2.24, 2.45) is 5.92 Å². The summed E-state index contributed by atoms with van der Waals surface area (Å²) in [5.41, 5.74) is 0.943. The Labute approximate surface area is 205 Å². The second-order valence-corrected chi connectivity index (χ2v) is 8.40. The molecule has 0 fully saturated rings. The lowest BCUT2D eigenvalue weighted by atomic mass is 9.80. The maximum atomic E-state index is 13.3. The molecular formula is C26H24O10. The molecule has 0 radical (unpaired) electrons. The third kappa shape index (κ3) is 5.65. The van der Waals surface area contributed by atoms with E-state index in [0.29, 0.717) is 5.39 Å². The molecule has 188 valence electrons. The van der Waals surface area contributed by atoms with Gasteiger partial charge < -0.3 is 19.7 Å². The van der Waals surface area contributed by atoms with Crippen LogP contribution in [0.5, 0.6) is 0 Å². The first kappa shape index (κ1) is 26.3. The molecular weight excluding hydrogens is 472 g/mol. The van der Waals surface area contributed by atoms with Crippen LogP contribution in [0.3, 0.4) is 0 Å². The average Bonchev–Trinajstić information content (AvgIpc) is 2.82. The normalized spacial score (nSPS) is 13.8. The fourth-order valence-corrected chi connectivity index (χ4v) is 3.95. The Kier molecular flexibility index (Phi) is 7.98. The average molecular weight is 496 g/mol. The smallest absolute Gasteiger partial charge is 0.311 e. The number of aryl methyl sites for hydroxylation is 1. The van der Waals surface area contributed by atoms with Crippen molar-refractivity contribution in [1.82, 2.24) is 0 Å². The molecule has 3 rings (SSSR count). The molecule has 2 aromatic carbocycles. The molecule has 0 aliphatic heterocycles. The number of carbonyl (C=O) groups excluding carboxylic acids is 4. The Bertz CT molecular complexity index is 1320. The topological polar surface area (TPSA) is 161 Å². The number of carboxylic acid groups (broad SMARTS) is 2. The summed E-state index contributed by atoms with van der Waals surface area (Å²) in [5, 5.41) is 18.8. The summed E-state index contributed by atoms with van der Waals surface area (Å²) >= 11 is 0. The molecule has 2 N–H and O–H groups in total. The lowest BCUT2D eigenvalue weighted by molar-refractivity contribution is -0.148. The predicted molar refractivity (Wildman–Crippen MR) is 125 cm³/mol. The quantitative estimate of drug-likeness (QED) is 0.369. The molecule has 0 aromatic heterocycles. The highest BCUT2D eigenvalue weighted by Gasteiger charge is 2.39. The van der Waals surface area contributed by atoms with Crippen molar-refractivity contribution >= 4 is 52.0 Å². The highest BCUT2D eigenvalue weighted by Crippen LogP contribution is 2.38. The summed E-state index contributed by atoms with van der Waals surface area (Å²) < 4.78 is 10.6. The van der Waals surface area contributed by atoms with Gasteiger partial charge >= 0.3 is 23.9 Å². The van der Waals surface area contributed by atoms with Crippen molar-refractivity contribution in [2.75, 3.05) is 6.61 Å². The molecule has 1 aliphatic rings. The number of hydrogen-bond donors (Lipinski definition) is 2. The second kappa shape index (κ2) is 10.9. The number of rotatable bonds is 10. The fraction of sp³-hybridized carbons (Fsp3) is 0.308. The zero-order valence-corrected chi connectivity index (χ0v) is 19.7.